The van der Waals surface area contributed by atoms with E-state index in [1.54, 1.807) is 18.3 Å². The van der Waals surface area contributed by atoms with Crippen LogP contribution >= 0.6 is 11.6 Å². The van der Waals surface area contributed by atoms with Gasteiger partial charge < -0.3 is 0 Å². The van der Waals surface area contributed by atoms with E-state index in [0.29, 0.717) is 18.1 Å². The smallest absolute Gasteiger partial charge is 0.233 e. The Bertz CT molecular complexity index is 445. The zero-order valence-electron chi connectivity index (χ0n) is 7.98. The van der Waals surface area contributed by atoms with Crippen molar-refractivity contribution in [1.29, 1.82) is 0 Å². The molecule has 0 aliphatic heterocycles. The molecule has 0 amide bonds. The van der Waals surface area contributed by atoms with Gasteiger partial charge in [0.05, 0.1) is 0 Å². The van der Waals surface area contributed by atoms with Gasteiger partial charge >= 0.3 is 0 Å². The molecule has 0 atom stereocenters. The van der Waals surface area contributed by atoms with Crippen LogP contribution in [0.3, 0.4) is 0 Å². The van der Waals surface area contributed by atoms with E-state index < -0.39 is 10.0 Å². The van der Waals surface area contributed by atoms with Crippen LogP contribution in [0.5, 0.6) is 0 Å². The molecule has 0 fully saturated rings. The Kier molecular flexibility index (Phi) is 4.26. The Balaban J connectivity index is 2.48. The summed E-state index contributed by atoms with van der Waals surface area (Å²) in [6.07, 6.45) is 2.15. The highest BCUT2D eigenvalue weighted by molar-refractivity contribution is 7.92. The molecule has 1 aromatic heterocycles. The minimum Gasteiger partial charge on any atom is -0.245 e. The van der Waals surface area contributed by atoms with Crippen molar-refractivity contribution in [3.63, 3.8) is 0 Å². The second-order valence-electron chi connectivity index (χ2n) is 2.84. The van der Waals surface area contributed by atoms with Crippen molar-refractivity contribution in [2.24, 2.45) is 0 Å². The second-order valence-corrected chi connectivity index (χ2v) is 4.94. The Morgan fingerprint density at radius 1 is 1.60 bits per heavy atom. The molecule has 0 saturated heterocycles. The fourth-order valence-corrected chi connectivity index (χ4v) is 1.70. The third-order valence-corrected chi connectivity index (χ3v) is 2.98. The molecular formula is C9H11ClN2O2S. The molecule has 1 N–H and O–H groups in total. The molecule has 0 aliphatic carbocycles. The molecule has 0 radical (unpaired) electrons. The van der Waals surface area contributed by atoms with Crippen LogP contribution in [-0.2, 0) is 16.4 Å². The van der Waals surface area contributed by atoms with E-state index in [4.69, 9.17) is 11.6 Å². The van der Waals surface area contributed by atoms with Gasteiger partial charge in [-0.3, -0.25) is 0 Å². The van der Waals surface area contributed by atoms with Gasteiger partial charge in [0.1, 0.15) is 5.15 Å². The Hall–Kier alpha value is -0.910. The number of nitrogens with zero attached hydrogens (tertiary/aromatic N) is 1. The lowest BCUT2D eigenvalue weighted by molar-refractivity contribution is 0.591. The lowest BCUT2D eigenvalue weighted by atomic mass is 10.2. The van der Waals surface area contributed by atoms with Crippen LogP contribution in [0.1, 0.15) is 5.56 Å². The number of hydrogen-bond donors (Lipinski definition) is 1. The van der Waals surface area contributed by atoms with Gasteiger partial charge in [-0.2, -0.15) is 0 Å². The summed E-state index contributed by atoms with van der Waals surface area (Å²) < 4.78 is 24.3. The zero-order chi connectivity index (χ0) is 11.3. The molecule has 1 heterocycles. The molecule has 15 heavy (non-hydrogen) atoms. The fraction of sp³-hybridized carbons (Fsp3) is 0.222. The van der Waals surface area contributed by atoms with E-state index >= 15 is 0 Å². The molecular weight excluding hydrogens is 236 g/mol. The van der Waals surface area contributed by atoms with E-state index in [-0.39, 0.29) is 0 Å². The summed E-state index contributed by atoms with van der Waals surface area (Å²) in [6.45, 7) is 3.50. The summed E-state index contributed by atoms with van der Waals surface area (Å²) in [5.41, 5.74) is 0.932. The summed E-state index contributed by atoms with van der Waals surface area (Å²) in [4.78, 5) is 3.82. The average Bonchev–Trinajstić information content (AvgIpc) is 2.18. The summed E-state index contributed by atoms with van der Waals surface area (Å²) in [7, 11) is -3.33. The number of nitrogens with one attached hydrogen (secondary N) is 1. The number of sulfonamides is 1. The standard InChI is InChI=1S/C9H11ClN2O2S/c1-2-15(13,14)12-6-4-8-3-5-11-9(10)7-8/h2-3,5,7,12H,1,4,6H2. The summed E-state index contributed by atoms with van der Waals surface area (Å²) >= 11 is 5.68. The molecule has 1 aromatic rings. The number of pyridine rings is 1. The minimum absolute atomic E-state index is 0.314. The Morgan fingerprint density at radius 2 is 2.33 bits per heavy atom. The van der Waals surface area contributed by atoms with Crippen LogP contribution in [0, 0.1) is 0 Å². The summed E-state index contributed by atoms with van der Waals surface area (Å²) in [6, 6.07) is 3.48. The van der Waals surface area contributed by atoms with E-state index in [1.165, 1.54) is 0 Å². The summed E-state index contributed by atoms with van der Waals surface area (Å²) in [5.74, 6) is 0. The van der Waals surface area contributed by atoms with Gasteiger partial charge in [0.2, 0.25) is 10.0 Å². The SMILES string of the molecule is C=CS(=O)(=O)NCCc1ccnc(Cl)c1. The molecule has 6 heteroatoms. The molecule has 0 bridgehead atoms. The molecule has 1 rings (SSSR count). The molecule has 0 saturated carbocycles. The highest BCUT2D eigenvalue weighted by Gasteiger charge is 2.02. The Morgan fingerprint density at radius 3 is 2.93 bits per heavy atom. The first-order valence-electron chi connectivity index (χ1n) is 4.26. The van der Waals surface area contributed by atoms with Crippen molar-refractivity contribution in [2.45, 2.75) is 6.42 Å². The lowest BCUT2D eigenvalue weighted by Crippen LogP contribution is -2.23. The second kappa shape index (κ2) is 5.25. The third kappa shape index (κ3) is 4.42. The number of halogens is 1. The first kappa shape index (κ1) is 12.2. The van der Waals surface area contributed by atoms with Gasteiger partial charge in [0.15, 0.2) is 0 Å². The van der Waals surface area contributed by atoms with E-state index in [2.05, 4.69) is 16.3 Å². The number of aromatic nitrogens is 1. The van der Waals surface area contributed by atoms with Crippen LogP contribution in [0.4, 0.5) is 0 Å². The van der Waals surface area contributed by atoms with Crippen molar-refractivity contribution in [1.82, 2.24) is 9.71 Å². The van der Waals surface area contributed by atoms with Gasteiger partial charge in [-0.05, 0) is 24.1 Å². The topological polar surface area (TPSA) is 59.1 Å². The quantitative estimate of drug-likeness (QED) is 0.798. The van der Waals surface area contributed by atoms with Crippen LogP contribution in [0.25, 0.3) is 0 Å². The molecule has 4 nitrogen and oxygen atoms in total. The van der Waals surface area contributed by atoms with Crippen molar-refractivity contribution < 1.29 is 8.42 Å². The van der Waals surface area contributed by atoms with Crippen molar-refractivity contribution in [2.75, 3.05) is 6.54 Å². The first-order valence-corrected chi connectivity index (χ1v) is 6.18. The van der Waals surface area contributed by atoms with Crippen LogP contribution in [-0.4, -0.2) is 19.9 Å². The van der Waals surface area contributed by atoms with Crippen LogP contribution in [0.15, 0.2) is 30.3 Å². The van der Waals surface area contributed by atoms with Crippen LogP contribution < -0.4 is 4.72 Å². The maximum Gasteiger partial charge on any atom is 0.233 e. The van der Waals surface area contributed by atoms with E-state index in [1.807, 2.05) is 0 Å². The van der Waals surface area contributed by atoms with Gasteiger partial charge in [0, 0.05) is 18.1 Å². The Labute approximate surface area is 94.0 Å². The van der Waals surface area contributed by atoms with Crippen molar-refractivity contribution in [3.05, 3.63) is 41.0 Å². The van der Waals surface area contributed by atoms with Crippen LogP contribution in [0.2, 0.25) is 5.15 Å². The maximum atomic E-state index is 11.0. The molecule has 0 aromatic carbocycles. The maximum absolute atomic E-state index is 11.0. The minimum atomic E-state index is -3.33. The first-order chi connectivity index (χ1) is 7.03. The zero-order valence-corrected chi connectivity index (χ0v) is 9.55. The van der Waals surface area contributed by atoms with Crippen molar-refractivity contribution in [3.8, 4) is 0 Å². The fourth-order valence-electron chi connectivity index (χ4n) is 0.995. The number of hydrogen-bond acceptors (Lipinski definition) is 3. The van der Waals surface area contributed by atoms with Gasteiger partial charge in [-0.25, -0.2) is 18.1 Å². The third-order valence-electron chi connectivity index (χ3n) is 1.73. The number of rotatable bonds is 5. The predicted molar refractivity (Wildman–Crippen MR) is 60.1 cm³/mol. The largest absolute Gasteiger partial charge is 0.245 e. The highest BCUT2D eigenvalue weighted by Crippen LogP contribution is 2.07. The molecule has 0 unspecified atom stereocenters. The lowest BCUT2D eigenvalue weighted by Gasteiger charge is -2.02. The van der Waals surface area contributed by atoms with E-state index in [9.17, 15) is 8.42 Å². The molecule has 0 spiro atoms. The van der Waals surface area contributed by atoms with Gasteiger partial charge in [0.25, 0.3) is 0 Å². The van der Waals surface area contributed by atoms with Gasteiger partial charge in [-0.15, -0.1) is 0 Å². The highest BCUT2D eigenvalue weighted by atomic mass is 35.5. The molecule has 82 valence electrons. The predicted octanol–water partition coefficient (Wildman–Crippen LogP) is 1.34. The van der Waals surface area contributed by atoms with Gasteiger partial charge in [-0.1, -0.05) is 18.2 Å². The van der Waals surface area contributed by atoms with E-state index in [0.717, 1.165) is 11.0 Å². The average molecular weight is 247 g/mol. The monoisotopic (exact) mass is 246 g/mol. The molecule has 0 aliphatic rings. The summed E-state index contributed by atoms with van der Waals surface area (Å²) in [5, 5.41) is 1.28. The van der Waals surface area contributed by atoms with Crippen molar-refractivity contribution >= 4 is 21.6 Å². The normalized spacial score (nSPS) is 11.3.